The normalized spacial score (nSPS) is 18.7. The minimum Gasteiger partial charge on any atom is -0.481 e. The van der Waals surface area contributed by atoms with Crippen LogP contribution in [-0.4, -0.2) is 152 Å². The van der Waals surface area contributed by atoms with Gasteiger partial charge in [-0.25, -0.2) is 0 Å². The number of carbonyl (C=O) groups is 5. The fraction of sp³-hybridized carbons (Fsp3) is 0.594. The second-order valence-corrected chi connectivity index (χ2v) is 12.2. The smallest absolute Gasteiger partial charge is 0.317 e. The maximum absolute atomic E-state index is 12.8. The molecule has 0 radical (unpaired) electrons. The van der Waals surface area contributed by atoms with Crippen LogP contribution in [-0.2, 0) is 19.2 Å². The maximum atomic E-state index is 12.8. The van der Waals surface area contributed by atoms with Crippen LogP contribution in [0.3, 0.4) is 0 Å². The zero-order valence-corrected chi connectivity index (χ0v) is 27.9. The van der Waals surface area contributed by atoms with Crippen molar-refractivity contribution >= 4 is 29.7 Å². The predicted octanol–water partition coefficient (Wildman–Crippen LogP) is 0.156. The Balaban J connectivity index is 1.53. The summed E-state index contributed by atoms with van der Waals surface area (Å²) >= 11 is 0. The van der Waals surface area contributed by atoms with E-state index in [1.54, 1.807) is 29.2 Å². The average Bonchev–Trinajstić information content (AvgIpc) is 3.08. The number of amides is 2. The van der Waals surface area contributed by atoms with Crippen LogP contribution >= 0.6 is 0 Å². The van der Waals surface area contributed by atoms with Crippen molar-refractivity contribution in [3.05, 3.63) is 36.2 Å². The number of carbonyl (C=O) groups excluding carboxylic acids is 2. The highest BCUT2D eigenvalue weighted by atomic mass is 16.4. The molecule has 1 aliphatic rings. The van der Waals surface area contributed by atoms with Crippen molar-refractivity contribution in [3.8, 4) is 11.4 Å². The van der Waals surface area contributed by atoms with Crippen LogP contribution in [0.15, 0.2) is 30.6 Å². The number of aliphatic carboxylic acids is 3. The first-order valence-corrected chi connectivity index (χ1v) is 16.5. The molecule has 2 unspecified atom stereocenters. The SMILES string of the molecule is CC1CCN(CC(=O)O)CCN(CC(=O)O)CCN(CCC(=O)O)CCC1CCC(=O)NCCNC(=O)c1ccc(-c2nncnn2)cc1. The molecule has 17 nitrogen and oxygen atoms in total. The van der Waals surface area contributed by atoms with Crippen LogP contribution in [0, 0.1) is 11.8 Å². The van der Waals surface area contributed by atoms with E-state index in [1.165, 1.54) is 6.33 Å². The van der Waals surface area contributed by atoms with Gasteiger partial charge in [-0.1, -0.05) is 19.1 Å². The Bertz CT molecular complexity index is 1370. The van der Waals surface area contributed by atoms with Crippen LogP contribution in [0.2, 0.25) is 0 Å². The molecular weight excluding hydrogens is 638 g/mol. The summed E-state index contributed by atoms with van der Waals surface area (Å²) in [7, 11) is 0. The summed E-state index contributed by atoms with van der Waals surface area (Å²) in [6.45, 7) is 5.24. The van der Waals surface area contributed by atoms with Crippen LogP contribution in [0.4, 0.5) is 0 Å². The molecule has 268 valence electrons. The topological polar surface area (TPSA) is 231 Å². The van der Waals surface area contributed by atoms with Crippen molar-refractivity contribution < 1.29 is 39.3 Å². The van der Waals surface area contributed by atoms with Gasteiger partial charge in [-0.2, -0.15) is 0 Å². The molecule has 2 heterocycles. The minimum atomic E-state index is -0.985. The van der Waals surface area contributed by atoms with Gasteiger partial charge in [-0.15, -0.1) is 20.4 Å². The van der Waals surface area contributed by atoms with E-state index in [1.807, 2.05) is 9.80 Å². The van der Waals surface area contributed by atoms with Gasteiger partial charge < -0.3 is 30.9 Å². The molecule has 0 spiro atoms. The third-order valence-corrected chi connectivity index (χ3v) is 8.63. The van der Waals surface area contributed by atoms with Gasteiger partial charge in [0.05, 0.1) is 19.5 Å². The lowest BCUT2D eigenvalue weighted by molar-refractivity contribution is -0.140. The highest BCUT2D eigenvalue weighted by molar-refractivity contribution is 5.94. The van der Waals surface area contributed by atoms with Gasteiger partial charge in [0.25, 0.3) is 5.91 Å². The summed E-state index contributed by atoms with van der Waals surface area (Å²) in [5.74, 6) is -2.71. The van der Waals surface area contributed by atoms with Gasteiger partial charge in [0.2, 0.25) is 11.7 Å². The molecule has 17 heteroatoms. The molecule has 49 heavy (non-hydrogen) atoms. The summed E-state index contributed by atoms with van der Waals surface area (Å²) in [6.07, 6.45) is 3.41. The number of hydrogen-bond acceptors (Lipinski definition) is 12. The fourth-order valence-corrected chi connectivity index (χ4v) is 5.74. The number of carboxylic acid groups (broad SMARTS) is 3. The van der Waals surface area contributed by atoms with Crippen molar-refractivity contribution in [3.63, 3.8) is 0 Å². The lowest BCUT2D eigenvalue weighted by atomic mass is 9.84. The van der Waals surface area contributed by atoms with E-state index in [0.29, 0.717) is 82.0 Å². The summed E-state index contributed by atoms with van der Waals surface area (Å²) < 4.78 is 0. The number of benzene rings is 1. The molecule has 0 saturated carbocycles. The van der Waals surface area contributed by atoms with Crippen molar-refractivity contribution in [2.45, 2.75) is 39.0 Å². The third kappa shape index (κ3) is 15.0. The molecule has 2 aromatic rings. The Labute approximate surface area is 285 Å². The van der Waals surface area contributed by atoms with Crippen molar-refractivity contribution in [1.29, 1.82) is 0 Å². The molecule has 2 atom stereocenters. The van der Waals surface area contributed by atoms with E-state index in [4.69, 9.17) is 0 Å². The molecule has 5 N–H and O–H groups in total. The van der Waals surface area contributed by atoms with E-state index in [2.05, 4.69) is 38.0 Å². The zero-order valence-electron chi connectivity index (χ0n) is 27.9. The molecule has 2 amide bonds. The molecular formula is C32H47N9O8. The van der Waals surface area contributed by atoms with Gasteiger partial charge >= 0.3 is 17.9 Å². The van der Waals surface area contributed by atoms with Crippen LogP contribution in [0.1, 0.15) is 49.4 Å². The standard InChI is InChI=1S/C32H47N9O8/c1-23-8-13-40(20-29(45)46)18-19-41(21-30(47)48)17-16-39(15-10-28(43)44)14-9-24(23)6-7-27(42)33-11-12-34-32(49)26-4-2-25(3-5-26)31-37-35-22-36-38-31/h2-5,22-24H,6-21H2,1H3,(H,33,42)(H,34,49)(H,43,44)(H,45,46)(H,47,48). The third-order valence-electron chi connectivity index (χ3n) is 8.63. The second-order valence-electron chi connectivity index (χ2n) is 12.2. The Morgan fingerprint density at radius 1 is 0.735 bits per heavy atom. The number of nitrogens with one attached hydrogen (secondary N) is 2. The van der Waals surface area contributed by atoms with E-state index in [0.717, 1.165) is 0 Å². The Hall–Kier alpha value is -4.61. The first-order chi connectivity index (χ1) is 23.5. The summed E-state index contributed by atoms with van der Waals surface area (Å²) in [6, 6.07) is 6.68. The van der Waals surface area contributed by atoms with E-state index >= 15 is 0 Å². The van der Waals surface area contributed by atoms with Crippen molar-refractivity contribution in [1.82, 2.24) is 45.7 Å². The highest BCUT2D eigenvalue weighted by Crippen LogP contribution is 2.25. The fourth-order valence-electron chi connectivity index (χ4n) is 5.74. The Kier molecular flexibility index (Phi) is 16.4. The largest absolute Gasteiger partial charge is 0.481 e. The molecule has 3 rings (SSSR count). The number of rotatable bonds is 15. The molecule has 0 bridgehead atoms. The van der Waals surface area contributed by atoms with Gasteiger partial charge in [0, 0.05) is 63.4 Å². The van der Waals surface area contributed by atoms with Crippen LogP contribution in [0.5, 0.6) is 0 Å². The average molecular weight is 686 g/mol. The molecule has 1 saturated heterocycles. The van der Waals surface area contributed by atoms with Gasteiger partial charge in [0.15, 0.2) is 6.33 Å². The van der Waals surface area contributed by atoms with Gasteiger partial charge in [0.1, 0.15) is 0 Å². The zero-order chi connectivity index (χ0) is 35.6. The van der Waals surface area contributed by atoms with Gasteiger partial charge in [-0.3, -0.25) is 33.8 Å². The van der Waals surface area contributed by atoms with E-state index < -0.39 is 17.9 Å². The number of aromatic nitrogens is 4. The Morgan fingerprint density at radius 2 is 1.31 bits per heavy atom. The lowest BCUT2D eigenvalue weighted by Gasteiger charge is -2.29. The first kappa shape index (κ1) is 38.8. The Morgan fingerprint density at radius 3 is 1.92 bits per heavy atom. The van der Waals surface area contributed by atoms with E-state index in [9.17, 15) is 39.3 Å². The van der Waals surface area contributed by atoms with Crippen molar-refractivity contribution in [2.75, 3.05) is 72.0 Å². The number of hydrogen-bond donors (Lipinski definition) is 5. The van der Waals surface area contributed by atoms with Crippen molar-refractivity contribution in [2.24, 2.45) is 11.8 Å². The van der Waals surface area contributed by atoms with Crippen LogP contribution < -0.4 is 10.6 Å². The highest BCUT2D eigenvalue weighted by Gasteiger charge is 2.24. The molecule has 1 fully saturated rings. The van der Waals surface area contributed by atoms with Crippen LogP contribution in [0.25, 0.3) is 11.4 Å². The quantitative estimate of drug-likeness (QED) is 0.157. The number of carboxylic acids is 3. The van der Waals surface area contributed by atoms with Gasteiger partial charge in [-0.05, 0) is 56.3 Å². The molecule has 1 aromatic carbocycles. The number of nitrogens with zero attached hydrogens (tertiary/aromatic N) is 7. The van der Waals surface area contributed by atoms with E-state index in [-0.39, 0.29) is 62.7 Å². The molecule has 1 aromatic heterocycles. The monoisotopic (exact) mass is 685 g/mol. The summed E-state index contributed by atoms with van der Waals surface area (Å²) in [5, 5.41) is 49.0. The molecule has 1 aliphatic heterocycles. The second kappa shape index (κ2) is 20.7. The first-order valence-electron chi connectivity index (χ1n) is 16.5. The lowest BCUT2D eigenvalue weighted by Crippen LogP contribution is -2.43. The molecule has 0 aliphatic carbocycles. The minimum absolute atomic E-state index is 0.0477. The predicted molar refractivity (Wildman–Crippen MR) is 176 cm³/mol. The summed E-state index contributed by atoms with van der Waals surface area (Å²) in [5.41, 5.74) is 1.11. The maximum Gasteiger partial charge on any atom is 0.317 e. The summed E-state index contributed by atoms with van der Waals surface area (Å²) in [4.78, 5) is 65.3.